The monoisotopic (exact) mass is 236 g/mol. The minimum Gasteiger partial charge on any atom is -0.323 e. The number of allylic oxidation sites excluding steroid dienone is 2. The lowest BCUT2D eigenvalue weighted by Crippen LogP contribution is -2.25. The summed E-state index contributed by atoms with van der Waals surface area (Å²) in [5, 5.41) is 0. The Balaban J connectivity index is 5.79. The zero-order valence-electron chi connectivity index (χ0n) is 10.3. The Hall–Kier alpha value is 0.200. The first-order chi connectivity index (χ1) is 5.98. The lowest BCUT2D eigenvalue weighted by atomic mass is 10.2. The Bertz CT molecular complexity index is 308. The molecule has 14 heavy (non-hydrogen) atoms. The van der Waals surface area contributed by atoms with E-state index in [0.717, 1.165) is 5.57 Å². The van der Waals surface area contributed by atoms with E-state index >= 15 is 0 Å². The molecule has 84 valence electrons. The van der Waals surface area contributed by atoms with Crippen molar-refractivity contribution in [2.24, 2.45) is 0 Å². The van der Waals surface area contributed by atoms with Crippen molar-refractivity contribution in [1.29, 1.82) is 0 Å². The van der Waals surface area contributed by atoms with Crippen LogP contribution in [0.4, 0.5) is 0 Å². The molecular weight excluding hydrogens is 214 g/mol. The van der Waals surface area contributed by atoms with Crippen molar-refractivity contribution in [2.45, 2.75) is 25.7 Å². The van der Waals surface area contributed by atoms with Gasteiger partial charge in [-0.05, 0) is 47.4 Å². The van der Waals surface area contributed by atoms with Crippen molar-refractivity contribution in [1.82, 2.24) is 0 Å². The van der Waals surface area contributed by atoms with E-state index in [1.165, 1.54) is 0 Å². The van der Waals surface area contributed by atoms with Gasteiger partial charge in [0.2, 0.25) is 0 Å². The third-order valence-corrected chi connectivity index (χ3v) is 11.1. The molecule has 0 fully saturated rings. The topological polar surface area (TPSA) is 34.1 Å². The van der Waals surface area contributed by atoms with Crippen LogP contribution in [0.25, 0.3) is 0 Å². The highest BCUT2D eigenvalue weighted by Gasteiger charge is 2.47. The van der Waals surface area contributed by atoms with Crippen LogP contribution < -0.4 is 0 Å². The summed E-state index contributed by atoms with van der Waals surface area (Å²) in [6.45, 7) is 12.6. The minimum atomic E-state index is -2.41. The summed E-state index contributed by atoms with van der Waals surface area (Å²) < 4.78 is 24.5. The predicted octanol–water partition coefficient (Wildman–Crippen LogP) is 3.91. The molecule has 2 nitrogen and oxygen atoms in total. The normalized spacial score (nSPS) is 15.8. The lowest BCUT2D eigenvalue weighted by Gasteiger charge is -2.38. The fourth-order valence-corrected chi connectivity index (χ4v) is 8.30. The average Bonchev–Trinajstić information content (AvgIpc) is 1.97. The van der Waals surface area contributed by atoms with Gasteiger partial charge in [-0.25, -0.2) is 0 Å². The van der Waals surface area contributed by atoms with Crippen molar-refractivity contribution < 1.29 is 9.13 Å². The molecule has 0 aliphatic carbocycles. The van der Waals surface area contributed by atoms with Crippen molar-refractivity contribution in [3.05, 3.63) is 11.6 Å². The second-order valence-electron chi connectivity index (χ2n) is 4.69. The summed E-state index contributed by atoms with van der Waals surface area (Å²) in [7, 11) is -4.83. The van der Waals surface area contributed by atoms with Gasteiger partial charge in [0.15, 0.2) is 0 Å². The van der Waals surface area contributed by atoms with Gasteiger partial charge >= 0.3 is 0 Å². The molecule has 0 aromatic heterocycles. The van der Waals surface area contributed by atoms with Crippen LogP contribution in [0.15, 0.2) is 11.6 Å². The van der Waals surface area contributed by atoms with E-state index < -0.39 is 19.2 Å². The van der Waals surface area contributed by atoms with E-state index in [1.54, 1.807) is 26.7 Å². The summed E-state index contributed by atoms with van der Waals surface area (Å²) in [6.07, 6.45) is 1.92. The molecular formula is C10H22O2P2. The third-order valence-electron chi connectivity index (χ3n) is 3.28. The van der Waals surface area contributed by atoms with Crippen LogP contribution in [-0.2, 0) is 9.13 Å². The third kappa shape index (κ3) is 2.23. The summed E-state index contributed by atoms with van der Waals surface area (Å²) in [6, 6.07) is 0. The smallest absolute Gasteiger partial charge is 0.0983 e. The minimum absolute atomic E-state index is 0.644. The molecule has 0 spiro atoms. The fourth-order valence-electron chi connectivity index (χ4n) is 1.70. The maximum absolute atomic E-state index is 12.3. The molecule has 0 N–H and O–H groups in total. The zero-order valence-corrected chi connectivity index (χ0v) is 12.1. The second-order valence-corrected chi connectivity index (χ2v) is 12.2. The molecule has 4 heteroatoms. The number of rotatable bonds is 3. The molecule has 0 amide bonds. The quantitative estimate of drug-likeness (QED) is 0.549. The Morgan fingerprint density at radius 2 is 1.36 bits per heavy atom. The Labute approximate surface area is 87.9 Å². The van der Waals surface area contributed by atoms with E-state index in [2.05, 4.69) is 0 Å². The van der Waals surface area contributed by atoms with E-state index in [1.807, 2.05) is 26.8 Å². The van der Waals surface area contributed by atoms with Crippen molar-refractivity contribution >= 4 is 14.3 Å². The molecule has 0 aliphatic rings. The molecule has 0 saturated carbocycles. The van der Waals surface area contributed by atoms with Gasteiger partial charge in [0, 0.05) is 0 Å². The molecule has 0 aromatic rings. The maximum atomic E-state index is 12.3. The second kappa shape index (κ2) is 3.99. The highest BCUT2D eigenvalue weighted by molar-refractivity contribution is 7.82. The maximum Gasteiger partial charge on any atom is 0.0983 e. The van der Waals surface area contributed by atoms with Gasteiger partial charge in [-0.2, -0.15) is 0 Å². The molecule has 0 unspecified atom stereocenters. The van der Waals surface area contributed by atoms with Crippen LogP contribution in [0.2, 0.25) is 0 Å². The molecule has 0 atom stereocenters. The predicted molar refractivity (Wildman–Crippen MR) is 66.7 cm³/mol. The van der Waals surface area contributed by atoms with Crippen molar-refractivity contribution in [3.8, 4) is 0 Å². The largest absolute Gasteiger partial charge is 0.323 e. The SMILES string of the molecule is C/C=C(\C)C(C)(P(C)(C)=O)P(C)(C)=O. The molecule has 0 bridgehead atoms. The summed E-state index contributed by atoms with van der Waals surface area (Å²) in [5.41, 5.74) is 0.971. The standard InChI is InChI=1S/C10H22O2P2/c1-8-9(2)10(3,13(4,5)11)14(6,7)12/h8H,1-7H3/b9-8+. The first kappa shape index (κ1) is 14.2. The van der Waals surface area contributed by atoms with E-state index in [-0.39, 0.29) is 0 Å². The van der Waals surface area contributed by atoms with E-state index in [9.17, 15) is 9.13 Å². The Morgan fingerprint density at radius 3 is 1.43 bits per heavy atom. The van der Waals surface area contributed by atoms with Crippen LogP contribution in [0.3, 0.4) is 0 Å². The highest BCUT2D eigenvalue weighted by atomic mass is 31.2. The average molecular weight is 236 g/mol. The molecule has 0 radical (unpaired) electrons. The van der Waals surface area contributed by atoms with Gasteiger partial charge in [0.05, 0.1) is 19.2 Å². The Morgan fingerprint density at radius 1 is 1.07 bits per heavy atom. The van der Waals surface area contributed by atoms with Gasteiger partial charge < -0.3 is 9.13 Å². The van der Waals surface area contributed by atoms with E-state index in [0.29, 0.717) is 0 Å². The first-order valence-electron chi connectivity index (χ1n) is 4.72. The van der Waals surface area contributed by atoms with Crippen molar-refractivity contribution in [3.63, 3.8) is 0 Å². The van der Waals surface area contributed by atoms with Crippen molar-refractivity contribution in [2.75, 3.05) is 26.7 Å². The van der Waals surface area contributed by atoms with Crippen LogP contribution in [0.5, 0.6) is 0 Å². The summed E-state index contributed by atoms with van der Waals surface area (Å²) in [5.74, 6) is 0. The molecule has 0 heterocycles. The van der Waals surface area contributed by atoms with Crippen LogP contribution >= 0.6 is 14.3 Å². The number of hydrogen-bond donors (Lipinski definition) is 0. The molecule has 0 saturated heterocycles. The van der Waals surface area contributed by atoms with Crippen LogP contribution in [0.1, 0.15) is 20.8 Å². The van der Waals surface area contributed by atoms with Crippen LogP contribution in [-0.4, -0.2) is 31.6 Å². The first-order valence-corrected chi connectivity index (χ1v) is 9.92. The lowest BCUT2D eigenvalue weighted by molar-refractivity contribution is 0.557. The molecule has 0 aliphatic heterocycles. The van der Waals surface area contributed by atoms with Gasteiger partial charge in [0.1, 0.15) is 0 Å². The molecule has 0 aromatic carbocycles. The summed E-state index contributed by atoms with van der Waals surface area (Å²) in [4.78, 5) is -0.644. The van der Waals surface area contributed by atoms with E-state index in [4.69, 9.17) is 0 Å². The summed E-state index contributed by atoms with van der Waals surface area (Å²) >= 11 is 0. The van der Waals surface area contributed by atoms with Gasteiger partial charge in [-0.15, -0.1) is 0 Å². The highest BCUT2D eigenvalue weighted by Crippen LogP contribution is 2.72. The Kier molecular flexibility index (Phi) is 4.04. The van der Waals surface area contributed by atoms with Gasteiger partial charge in [-0.1, -0.05) is 11.6 Å². The fraction of sp³-hybridized carbons (Fsp3) is 0.800. The molecule has 0 rings (SSSR count). The number of hydrogen-bond acceptors (Lipinski definition) is 2. The van der Waals surface area contributed by atoms with Crippen LogP contribution in [0, 0.1) is 0 Å². The van der Waals surface area contributed by atoms with Gasteiger partial charge in [-0.3, -0.25) is 0 Å². The van der Waals surface area contributed by atoms with Gasteiger partial charge in [0.25, 0.3) is 0 Å². The zero-order chi connectivity index (χ0) is 11.8.